The Hall–Kier alpha value is -3.68. The molecule has 2 heterocycles. The molecule has 36 heavy (non-hydrogen) atoms. The fourth-order valence-corrected chi connectivity index (χ4v) is 4.52. The maximum absolute atomic E-state index is 13.6. The van der Waals surface area contributed by atoms with E-state index < -0.39 is 5.60 Å². The van der Waals surface area contributed by atoms with Gasteiger partial charge >= 0.3 is 6.09 Å². The first-order valence-corrected chi connectivity index (χ1v) is 12.2. The lowest BCUT2D eigenvalue weighted by Gasteiger charge is -2.34. The Balaban J connectivity index is 1.62. The molecular formula is C28H33FN4O3. The van der Waals surface area contributed by atoms with Crippen molar-refractivity contribution >= 4 is 17.7 Å². The maximum atomic E-state index is 13.6. The second-order valence-electron chi connectivity index (χ2n) is 10.3. The zero-order chi connectivity index (χ0) is 26.0. The molecule has 0 unspecified atom stereocenters. The van der Waals surface area contributed by atoms with Crippen molar-refractivity contribution in [1.82, 2.24) is 14.7 Å². The van der Waals surface area contributed by atoms with E-state index in [0.29, 0.717) is 37.2 Å². The number of anilines is 1. The van der Waals surface area contributed by atoms with Crippen LogP contribution >= 0.6 is 0 Å². The smallest absolute Gasteiger partial charge is 0.410 e. The van der Waals surface area contributed by atoms with Crippen LogP contribution in [0, 0.1) is 19.7 Å². The molecule has 1 aliphatic rings. The summed E-state index contributed by atoms with van der Waals surface area (Å²) in [5.41, 5.74) is 4.17. The quantitative estimate of drug-likeness (QED) is 0.485. The molecule has 4 rings (SSSR count). The molecular weight excluding hydrogens is 459 g/mol. The Morgan fingerprint density at radius 3 is 2.33 bits per heavy atom. The second-order valence-corrected chi connectivity index (χ2v) is 10.3. The number of carbonyl (C=O) groups excluding carboxylic acids is 2. The van der Waals surface area contributed by atoms with E-state index >= 15 is 0 Å². The van der Waals surface area contributed by atoms with E-state index in [2.05, 4.69) is 10.4 Å². The Morgan fingerprint density at radius 1 is 1.06 bits per heavy atom. The first-order valence-electron chi connectivity index (χ1n) is 12.2. The Bertz CT molecular complexity index is 1250. The van der Waals surface area contributed by atoms with Gasteiger partial charge in [-0.3, -0.25) is 4.79 Å². The lowest BCUT2D eigenvalue weighted by molar-refractivity contribution is 0.0203. The SMILES string of the molecule is Cc1ccc(NC(=O)c2cnn(-c3ccc(F)cc3)c2C2CCN(C(=O)OC(C)(C)C)CC2)c(C)c1. The summed E-state index contributed by atoms with van der Waals surface area (Å²) in [6, 6.07) is 11.9. The first kappa shape index (κ1) is 25.4. The molecule has 2 amide bonds. The number of benzene rings is 2. The van der Waals surface area contributed by atoms with Gasteiger partial charge in [-0.1, -0.05) is 17.7 Å². The van der Waals surface area contributed by atoms with E-state index in [4.69, 9.17) is 4.74 Å². The maximum Gasteiger partial charge on any atom is 0.410 e. The van der Waals surface area contributed by atoms with Crippen LogP contribution in [0.5, 0.6) is 0 Å². The average molecular weight is 493 g/mol. The Labute approximate surface area is 211 Å². The number of hydrogen-bond acceptors (Lipinski definition) is 4. The molecule has 0 aliphatic carbocycles. The van der Waals surface area contributed by atoms with Crippen LogP contribution in [0.2, 0.25) is 0 Å². The predicted molar refractivity (Wildman–Crippen MR) is 137 cm³/mol. The lowest BCUT2D eigenvalue weighted by Crippen LogP contribution is -2.41. The van der Waals surface area contributed by atoms with E-state index in [0.717, 1.165) is 22.5 Å². The van der Waals surface area contributed by atoms with Gasteiger partial charge in [0.1, 0.15) is 11.4 Å². The second kappa shape index (κ2) is 10.1. The van der Waals surface area contributed by atoms with Gasteiger partial charge in [-0.2, -0.15) is 5.10 Å². The van der Waals surface area contributed by atoms with E-state index in [9.17, 15) is 14.0 Å². The molecule has 190 valence electrons. The molecule has 0 radical (unpaired) electrons. The zero-order valence-electron chi connectivity index (χ0n) is 21.5. The van der Waals surface area contributed by atoms with Crippen LogP contribution < -0.4 is 5.32 Å². The van der Waals surface area contributed by atoms with Crippen LogP contribution in [0.1, 0.15) is 66.7 Å². The van der Waals surface area contributed by atoms with Crippen molar-refractivity contribution in [3.05, 3.63) is 76.9 Å². The number of aromatic nitrogens is 2. The molecule has 1 saturated heterocycles. The van der Waals surface area contributed by atoms with E-state index in [-0.39, 0.29) is 23.7 Å². The zero-order valence-corrected chi connectivity index (χ0v) is 21.5. The molecule has 3 aromatic rings. The van der Waals surface area contributed by atoms with Gasteiger partial charge in [0.15, 0.2) is 0 Å². The number of ether oxygens (including phenoxy) is 1. The highest BCUT2D eigenvalue weighted by Gasteiger charge is 2.32. The molecule has 1 fully saturated rings. The molecule has 1 N–H and O–H groups in total. The molecule has 0 saturated carbocycles. The third kappa shape index (κ3) is 5.75. The van der Waals surface area contributed by atoms with Crippen molar-refractivity contribution < 1.29 is 18.7 Å². The largest absolute Gasteiger partial charge is 0.444 e. The third-order valence-electron chi connectivity index (χ3n) is 6.29. The average Bonchev–Trinajstić information content (AvgIpc) is 3.25. The van der Waals surface area contributed by atoms with Gasteiger partial charge in [-0.25, -0.2) is 13.9 Å². The number of hydrogen-bond donors (Lipinski definition) is 1. The Kier molecular flexibility index (Phi) is 7.15. The van der Waals surface area contributed by atoms with Crippen LogP contribution in [0.15, 0.2) is 48.7 Å². The van der Waals surface area contributed by atoms with Crippen molar-refractivity contribution in [2.75, 3.05) is 18.4 Å². The minimum atomic E-state index is -0.561. The van der Waals surface area contributed by atoms with E-state index in [1.807, 2.05) is 52.8 Å². The van der Waals surface area contributed by atoms with Crippen molar-refractivity contribution in [2.45, 2.75) is 59.0 Å². The molecule has 1 aromatic heterocycles. The highest BCUT2D eigenvalue weighted by Crippen LogP contribution is 2.33. The van der Waals surface area contributed by atoms with Crippen molar-refractivity contribution in [3.63, 3.8) is 0 Å². The number of aryl methyl sites for hydroxylation is 2. The molecule has 2 aromatic carbocycles. The van der Waals surface area contributed by atoms with Crippen LogP contribution in [-0.2, 0) is 4.74 Å². The number of rotatable bonds is 4. The highest BCUT2D eigenvalue weighted by atomic mass is 19.1. The van der Waals surface area contributed by atoms with Crippen molar-refractivity contribution in [1.29, 1.82) is 0 Å². The summed E-state index contributed by atoms with van der Waals surface area (Å²) in [6.45, 7) is 10.5. The number of piperidine rings is 1. The molecule has 0 atom stereocenters. The van der Waals surface area contributed by atoms with Gasteiger partial charge < -0.3 is 15.0 Å². The number of likely N-dealkylation sites (tertiary alicyclic amines) is 1. The monoisotopic (exact) mass is 492 g/mol. The van der Waals surface area contributed by atoms with Gasteiger partial charge in [-0.05, 0) is 83.4 Å². The van der Waals surface area contributed by atoms with Gasteiger partial charge in [0.2, 0.25) is 0 Å². The van der Waals surface area contributed by atoms with Gasteiger partial charge in [-0.15, -0.1) is 0 Å². The minimum Gasteiger partial charge on any atom is -0.444 e. The molecule has 8 heteroatoms. The summed E-state index contributed by atoms with van der Waals surface area (Å²) < 4.78 is 20.8. The van der Waals surface area contributed by atoms with E-state index in [1.54, 1.807) is 27.9 Å². The standard InChI is InChI=1S/C28H33FN4O3/c1-18-6-11-24(19(2)16-18)31-26(34)23-17-30-33(22-9-7-21(29)8-10-22)25(23)20-12-14-32(15-13-20)27(35)36-28(3,4)5/h6-11,16-17,20H,12-15H2,1-5H3,(H,31,34). The molecule has 7 nitrogen and oxygen atoms in total. The van der Waals surface area contributed by atoms with Crippen LogP contribution in [0.25, 0.3) is 5.69 Å². The normalized spacial score (nSPS) is 14.6. The number of nitrogens with zero attached hydrogens (tertiary/aromatic N) is 3. The van der Waals surface area contributed by atoms with Crippen molar-refractivity contribution in [2.24, 2.45) is 0 Å². The summed E-state index contributed by atoms with van der Waals surface area (Å²) in [5.74, 6) is -0.609. The third-order valence-corrected chi connectivity index (χ3v) is 6.29. The minimum absolute atomic E-state index is 0.0175. The predicted octanol–water partition coefficient (Wildman–Crippen LogP) is 6.00. The summed E-state index contributed by atoms with van der Waals surface area (Å²) in [4.78, 5) is 27.7. The summed E-state index contributed by atoms with van der Waals surface area (Å²) in [5, 5.41) is 7.54. The molecule has 0 bridgehead atoms. The lowest BCUT2D eigenvalue weighted by atomic mass is 9.90. The van der Waals surface area contributed by atoms with Gasteiger partial charge in [0.25, 0.3) is 5.91 Å². The molecule has 1 aliphatic heterocycles. The van der Waals surface area contributed by atoms with Crippen LogP contribution in [0.3, 0.4) is 0 Å². The fourth-order valence-electron chi connectivity index (χ4n) is 4.52. The number of halogens is 1. The van der Waals surface area contributed by atoms with Crippen LogP contribution in [-0.4, -0.2) is 45.4 Å². The Morgan fingerprint density at radius 2 is 1.72 bits per heavy atom. The first-order chi connectivity index (χ1) is 17.0. The van der Waals surface area contributed by atoms with E-state index in [1.165, 1.54) is 12.1 Å². The van der Waals surface area contributed by atoms with Gasteiger partial charge in [0.05, 0.1) is 23.1 Å². The van der Waals surface area contributed by atoms with Crippen LogP contribution in [0.4, 0.5) is 14.9 Å². The van der Waals surface area contributed by atoms with Gasteiger partial charge in [0, 0.05) is 24.7 Å². The highest BCUT2D eigenvalue weighted by molar-refractivity contribution is 6.05. The number of carbonyl (C=O) groups is 2. The van der Waals surface area contributed by atoms with Crippen molar-refractivity contribution in [3.8, 4) is 5.69 Å². The number of nitrogens with one attached hydrogen (secondary N) is 1. The summed E-state index contributed by atoms with van der Waals surface area (Å²) in [6.07, 6.45) is 2.53. The summed E-state index contributed by atoms with van der Waals surface area (Å²) in [7, 11) is 0. The number of amides is 2. The summed E-state index contributed by atoms with van der Waals surface area (Å²) >= 11 is 0. The fraction of sp³-hybridized carbons (Fsp3) is 0.393. The topological polar surface area (TPSA) is 76.5 Å². The molecule has 0 spiro atoms.